The van der Waals surface area contributed by atoms with E-state index in [2.05, 4.69) is 11.9 Å². The highest BCUT2D eigenvalue weighted by Gasteiger charge is 2.28. The van der Waals surface area contributed by atoms with Gasteiger partial charge in [-0.3, -0.25) is 9.59 Å². The van der Waals surface area contributed by atoms with Crippen LogP contribution in [0.1, 0.15) is 42.6 Å². The molecular formula is C25H29N3O5S2. The number of piperidine rings is 1. The predicted molar refractivity (Wildman–Crippen MR) is 135 cm³/mol. The molecule has 1 saturated heterocycles. The van der Waals surface area contributed by atoms with Gasteiger partial charge in [0.25, 0.3) is 5.91 Å². The Morgan fingerprint density at radius 2 is 1.80 bits per heavy atom. The lowest BCUT2D eigenvalue weighted by Gasteiger charge is -2.29. The zero-order chi connectivity index (χ0) is 25.2. The van der Waals surface area contributed by atoms with Crippen molar-refractivity contribution in [2.24, 2.45) is 10.9 Å². The Hall–Kier alpha value is -2.82. The van der Waals surface area contributed by atoms with Gasteiger partial charge < -0.3 is 9.30 Å². The fourth-order valence-corrected chi connectivity index (χ4v) is 6.75. The number of hydrogen-bond acceptors (Lipinski definition) is 6. The van der Waals surface area contributed by atoms with Crippen molar-refractivity contribution in [3.8, 4) is 0 Å². The van der Waals surface area contributed by atoms with Gasteiger partial charge in [-0.1, -0.05) is 30.4 Å². The Morgan fingerprint density at radius 1 is 1.11 bits per heavy atom. The fraction of sp³-hybridized carbons (Fsp3) is 0.400. The molecule has 1 fully saturated rings. The molecule has 186 valence electrons. The largest absolute Gasteiger partial charge is 0.465 e. The van der Waals surface area contributed by atoms with Crippen molar-refractivity contribution in [3.05, 3.63) is 58.4 Å². The molecule has 1 aromatic heterocycles. The second kappa shape index (κ2) is 10.4. The molecule has 3 aromatic rings. The van der Waals surface area contributed by atoms with Gasteiger partial charge in [-0.05, 0) is 68.5 Å². The van der Waals surface area contributed by atoms with Gasteiger partial charge in [-0.2, -0.15) is 9.30 Å². The van der Waals surface area contributed by atoms with Crippen molar-refractivity contribution in [2.45, 2.75) is 45.1 Å². The predicted octanol–water partition coefficient (Wildman–Crippen LogP) is 3.74. The van der Waals surface area contributed by atoms with Gasteiger partial charge in [-0.25, -0.2) is 8.42 Å². The van der Waals surface area contributed by atoms with E-state index in [1.54, 1.807) is 11.5 Å². The van der Waals surface area contributed by atoms with E-state index in [1.165, 1.54) is 39.9 Å². The molecule has 2 heterocycles. The van der Waals surface area contributed by atoms with Crippen LogP contribution in [0.2, 0.25) is 0 Å². The van der Waals surface area contributed by atoms with Gasteiger partial charge in [-0.15, -0.1) is 0 Å². The SMILES string of the molecule is CCOC(=O)Cn1c(=NC(=O)c2ccc(S(=O)(=O)N3CCC(C)CC3)cc2)sc2cccc(C)c21. The highest BCUT2D eigenvalue weighted by atomic mass is 32.2. The summed E-state index contributed by atoms with van der Waals surface area (Å²) < 4.78 is 35.1. The Kier molecular flexibility index (Phi) is 7.53. The number of carbonyl (C=O) groups excluding carboxylic acids is 2. The van der Waals surface area contributed by atoms with Crippen molar-refractivity contribution < 1.29 is 22.7 Å². The Balaban J connectivity index is 1.64. The van der Waals surface area contributed by atoms with E-state index in [9.17, 15) is 18.0 Å². The number of aromatic nitrogens is 1. The number of hydrogen-bond donors (Lipinski definition) is 0. The molecule has 10 heteroatoms. The quantitative estimate of drug-likeness (QED) is 0.466. The number of amides is 1. The number of carbonyl (C=O) groups is 2. The Morgan fingerprint density at radius 3 is 2.46 bits per heavy atom. The summed E-state index contributed by atoms with van der Waals surface area (Å²) in [6.07, 6.45) is 1.68. The molecule has 0 radical (unpaired) electrons. The van der Waals surface area contributed by atoms with E-state index in [0.717, 1.165) is 28.6 Å². The van der Waals surface area contributed by atoms with Crippen LogP contribution >= 0.6 is 11.3 Å². The average Bonchev–Trinajstić information content (AvgIpc) is 3.17. The summed E-state index contributed by atoms with van der Waals surface area (Å²) in [5, 5.41) is 0. The highest BCUT2D eigenvalue weighted by molar-refractivity contribution is 7.89. The van der Waals surface area contributed by atoms with Gasteiger partial charge >= 0.3 is 5.97 Å². The van der Waals surface area contributed by atoms with E-state index in [0.29, 0.717) is 23.8 Å². The number of rotatable bonds is 6. The maximum Gasteiger partial charge on any atom is 0.326 e. The molecule has 8 nitrogen and oxygen atoms in total. The van der Waals surface area contributed by atoms with Gasteiger partial charge in [0, 0.05) is 18.7 Å². The van der Waals surface area contributed by atoms with Crippen molar-refractivity contribution >= 4 is 43.5 Å². The summed E-state index contributed by atoms with van der Waals surface area (Å²) in [6.45, 7) is 7.02. The summed E-state index contributed by atoms with van der Waals surface area (Å²) in [5.74, 6) is -0.402. The number of nitrogens with zero attached hydrogens (tertiary/aromatic N) is 3. The molecular weight excluding hydrogens is 486 g/mol. The molecule has 35 heavy (non-hydrogen) atoms. The molecule has 0 unspecified atom stereocenters. The minimum Gasteiger partial charge on any atom is -0.465 e. The monoisotopic (exact) mass is 515 g/mol. The molecule has 2 aromatic carbocycles. The van der Waals surface area contributed by atoms with E-state index in [1.807, 2.05) is 25.1 Å². The number of sulfonamides is 1. The molecule has 1 aliphatic rings. The standard InChI is InChI=1S/C25H29N3O5S2/c1-4-33-22(29)16-28-23-18(3)6-5-7-21(23)34-25(28)26-24(30)19-8-10-20(11-9-19)35(31,32)27-14-12-17(2)13-15-27/h5-11,17H,4,12-16H2,1-3H3. The number of thiazole rings is 1. The average molecular weight is 516 g/mol. The van der Waals surface area contributed by atoms with Crippen molar-refractivity contribution in [2.75, 3.05) is 19.7 Å². The van der Waals surface area contributed by atoms with Gasteiger partial charge in [0.05, 0.1) is 21.7 Å². The molecule has 0 aliphatic carbocycles. The second-order valence-corrected chi connectivity index (χ2v) is 11.7. The summed E-state index contributed by atoms with van der Waals surface area (Å²) >= 11 is 1.31. The maximum absolute atomic E-state index is 13.0. The lowest BCUT2D eigenvalue weighted by molar-refractivity contribution is -0.143. The normalized spacial score (nSPS) is 16.0. The van der Waals surface area contributed by atoms with E-state index in [-0.39, 0.29) is 23.6 Å². The van der Waals surface area contributed by atoms with Crippen molar-refractivity contribution in [1.29, 1.82) is 0 Å². The number of fused-ring (bicyclic) bond motifs is 1. The summed E-state index contributed by atoms with van der Waals surface area (Å²) in [4.78, 5) is 30.0. The summed E-state index contributed by atoms with van der Waals surface area (Å²) in [7, 11) is -3.60. The van der Waals surface area contributed by atoms with Crippen molar-refractivity contribution in [1.82, 2.24) is 8.87 Å². The van der Waals surface area contributed by atoms with E-state index < -0.39 is 21.9 Å². The van der Waals surface area contributed by atoms with Crippen LogP contribution in [0, 0.1) is 12.8 Å². The molecule has 0 N–H and O–H groups in total. The van der Waals surface area contributed by atoms with Crippen LogP contribution in [-0.2, 0) is 26.1 Å². The van der Waals surface area contributed by atoms with E-state index in [4.69, 9.17) is 4.74 Å². The maximum atomic E-state index is 13.0. The van der Waals surface area contributed by atoms with Crippen LogP contribution < -0.4 is 4.80 Å². The third kappa shape index (κ3) is 5.39. The molecule has 1 amide bonds. The summed E-state index contributed by atoms with van der Waals surface area (Å²) in [6, 6.07) is 11.6. The first kappa shape index (κ1) is 25.3. The third-order valence-corrected chi connectivity index (χ3v) is 9.13. The van der Waals surface area contributed by atoms with Crippen LogP contribution in [0.5, 0.6) is 0 Å². The number of ether oxygens (including phenoxy) is 1. The highest BCUT2D eigenvalue weighted by Crippen LogP contribution is 2.24. The molecule has 0 saturated carbocycles. The minimum atomic E-state index is -3.60. The second-order valence-electron chi connectivity index (χ2n) is 8.73. The van der Waals surface area contributed by atoms with Crippen molar-refractivity contribution in [3.63, 3.8) is 0 Å². The molecule has 0 bridgehead atoms. The minimum absolute atomic E-state index is 0.0591. The van der Waals surface area contributed by atoms with Gasteiger partial charge in [0.15, 0.2) is 4.80 Å². The molecule has 0 spiro atoms. The first-order valence-corrected chi connectivity index (χ1v) is 13.9. The third-order valence-electron chi connectivity index (χ3n) is 6.17. The summed E-state index contributed by atoms with van der Waals surface area (Å²) in [5.41, 5.74) is 2.06. The van der Waals surface area contributed by atoms with Gasteiger partial charge in [0.2, 0.25) is 10.0 Å². The first-order chi connectivity index (χ1) is 16.7. The Labute approximate surface area is 208 Å². The number of aryl methyl sites for hydroxylation is 1. The van der Waals surface area contributed by atoms with Crippen LogP contribution in [0.25, 0.3) is 10.2 Å². The van der Waals surface area contributed by atoms with Crippen LogP contribution in [0.4, 0.5) is 0 Å². The van der Waals surface area contributed by atoms with Crippen LogP contribution in [0.15, 0.2) is 52.4 Å². The topological polar surface area (TPSA) is 98.0 Å². The molecule has 0 atom stereocenters. The van der Waals surface area contributed by atoms with Gasteiger partial charge in [0.1, 0.15) is 6.54 Å². The molecule has 1 aliphatic heterocycles. The number of benzene rings is 2. The first-order valence-electron chi connectivity index (χ1n) is 11.6. The van der Waals surface area contributed by atoms with E-state index >= 15 is 0 Å². The Bertz CT molecular complexity index is 1410. The van der Waals surface area contributed by atoms with Crippen LogP contribution in [0.3, 0.4) is 0 Å². The molecule has 4 rings (SSSR count). The number of esters is 1. The lowest BCUT2D eigenvalue weighted by atomic mass is 10.0. The van der Waals surface area contributed by atoms with Crippen LogP contribution in [-0.4, -0.2) is 48.9 Å². The lowest BCUT2D eigenvalue weighted by Crippen LogP contribution is -2.37. The zero-order valence-corrected chi connectivity index (χ0v) is 21.7. The number of para-hydroxylation sites is 1. The fourth-order valence-electron chi connectivity index (χ4n) is 4.17. The smallest absolute Gasteiger partial charge is 0.326 e. The zero-order valence-electron chi connectivity index (χ0n) is 20.1.